The second kappa shape index (κ2) is 6.75. The fourth-order valence-corrected chi connectivity index (χ4v) is 2.83. The van der Waals surface area contributed by atoms with Gasteiger partial charge in [-0.05, 0) is 31.9 Å². The zero-order valence-corrected chi connectivity index (χ0v) is 12.9. The van der Waals surface area contributed by atoms with Gasteiger partial charge in [-0.25, -0.2) is 0 Å². The van der Waals surface area contributed by atoms with Gasteiger partial charge in [0.15, 0.2) is 0 Å². The van der Waals surface area contributed by atoms with Crippen molar-refractivity contribution in [3.8, 4) is 0 Å². The molecule has 0 saturated carbocycles. The summed E-state index contributed by atoms with van der Waals surface area (Å²) in [5.74, 6) is -0.0366. The number of benzene rings is 1. The highest BCUT2D eigenvalue weighted by Gasteiger charge is 2.18. The Kier molecular flexibility index (Phi) is 4.53. The maximum atomic E-state index is 12.3. The molecule has 0 radical (unpaired) electrons. The van der Waals surface area contributed by atoms with E-state index < -0.39 is 0 Å². The van der Waals surface area contributed by atoms with E-state index in [2.05, 4.69) is 27.9 Å². The number of aromatic nitrogens is 2. The molecule has 1 atom stereocenters. The molecule has 5 heteroatoms. The molecule has 1 aliphatic heterocycles. The molecule has 116 valence electrons. The second-order valence-electron chi connectivity index (χ2n) is 5.79. The Labute approximate surface area is 130 Å². The molecule has 0 spiro atoms. The van der Waals surface area contributed by atoms with Crippen molar-refractivity contribution >= 4 is 5.91 Å². The maximum absolute atomic E-state index is 12.3. The monoisotopic (exact) mass is 298 g/mol. The lowest BCUT2D eigenvalue weighted by Gasteiger charge is -2.11. The molecule has 2 N–H and O–H groups in total. The lowest BCUT2D eigenvalue weighted by Crippen LogP contribution is -2.37. The van der Waals surface area contributed by atoms with Crippen LogP contribution in [0, 0.1) is 6.92 Å². The van der Waals surface area contributed by atoms with Crippen LogP contribution >= 0.6 is 0 Å². The van der Waals surface area contributed by atoms with Gasteiger partial charge in [-0.3, -0.25) is 9.48 Å². The van der Waals surface area contributed by atoms with Crippen molar-refractivity contribution in [3.05, 3.63) is 53.3 Å². The van der Waals surface area contributed by atoms with Gasteiger partial charge in [0.05, 0.1) is 18.3 Å². The smallest absolute Gasteiger partial charge is 0.254 e. The largest absolute Gasteiger partial charge is 0.350 e. The zero-order valence-electron chi connectivity index (χ0n) is 12.9. The van der Waals surface area contributed by atoms with Crippen molar-refractivity contribution in [2.45, 2.75) is 32.4 Å². The first kappa shape index (κ1) is 14.8. The van der Waals surface area contributed by atoms with Crippen LogP contribution in [0.3, 0.4) is 0 Å². The van der Waals surface area contributed by atoms with E-state index in [9.17, 15) is 4.79 Å². The van der Waals surface area contributed by atoms with Crippen molar-refractivity contribution < 1.29 is 4.79 Å². The number of carbonyl (C=O) groups excluding carboxylic acids is 1. The third kappa shape index (κ3) is 3.36. The molecular weight excluding hydrogens is 276 g/mol. The van der Waals surface area contributed by atoms with Crippen molar-refractivity contribution in [1.82, 2.24) is 20.4 Å². The highest BCUT2D eigenvalue weighted by Crippen LogP contribution is 2.11. The zero-order chi connectivity index (χ0) is 15.4. The quantitative estimate of drug-likeness (QED) is 0.883. The van der Waals surface area contributed by atoms with Gasteiger partial charge in [0.1, 0.15) is 0 Å². The summed E-state index contributed by atoms with van der Waals surface area (Å²) >= 11 is 0. The molecular formula is C17H22N4O. The molecule has 1 fully saturated rings. The third-order valence-corrected chi connectivity index (χ3v) is 4.19. The van der Waals surface area contributed by atoms with Crippen LogP contribution in [0.4, 0.5) is 0 Å². The molecule has 2 heterocycles. The minimum absolute atomic E-state index is 0.0366. The van der Waals surface area contributed by atoms with E-state index in [4.69, 9.17) is 0 Å². The van der Waals surface area contributed by atoms with Crippen LogP contribution in [-0.4, -0.2) is 34.8 Å². The van der Waals surface area contributed by atoms with Gasteiger partial charge in [-0.1, -0.05) is 30.3 Å². The number of nitrogens with zero attached hydrogens (tertiary/aromatic N) is 2. The summed E-state index contributed by atoms with van der Waals surface area (Å²) in [5.41, 5.74) is 2.74. The molecule has 3 rings (SSSR count). The van der Waals surface area contributed by atoms with Crippen molar-refractivity contribution in [1.29, 1.82) is 0 Å². The van der Waals surface area contributed by atoms with E-state index in [0.29, 0.717) is 24.7 Å². The first-order chi connectivity index (χ1) is 10.7. The molecule has 2 aromatic rings. The summed E-state index contributed by atoms with van der Waals surface area (Å²) in [7, 11) is 0. The summed E-state index contributed by atoms with van der Waals surface area (Å²) in [4.78, 5) is 12.3. The second-order valence-corrected chi connectivity index (χ2v) is 5.79. The van der Waals surface area contributed by atoms with Gasteiger partial charge >= 0.3 is 0 Å². The van der Waals surface area contributed by atoms with E-state index in [0.717, 1.165) is 18.7 Å². The van der Waals surface area contributed by atoms with E-state index in [1.165, 1.54) is 12.0 Å². The predicted molar refractivity (Wildman–Crippen MR) is 85.9 cm³/mol. The molecule has 1 amide bonds. The first-order valence-electron chi connectivity index (χ1n) is 7.82. The van der Waals surface area contributed by atoms with Crippen LogP contribution in [-0.2, 0) is 6.54 Å². The molecule has 5 nitrogen and oxygen atoms in total. The Morgan fingerprint density at radius 1 is 1.41 bits per heavy atom. The van der Waals surface area contributed by atoms with Gasteiger partial charge in [-0.15, -0.1) is 0 Å². The van der Waals surface area contributed by atoms with Crippen LogP contribution in [0.15, 0.2) is 36.5 Å². The van der Waals surface area contributed by atoms with Crippen LogP contribution in [0.2, 0.25) is 0 Å². The van der Waals surface area contributed by atoms with Crippen LogP contribution in [0.25, 0.3) is 0 Å². The standard InChI is InChI=1S/C17H22N4O/c1-13-16(17(22)19-10-15-8-5-9-18-15)11-20-21(13)12-14-6-3-2-4-7-14/h2-4,6-7,11,15,18H,5,8-10,12H2,1H3,(H,19,22). The molecule has 1 saturated heterocycles. The van der Waals surface area contributed by atoms with Gasteiger partial charge in [0, 0.05) is 18.3 Å². The van der Waals surface area contributed by atoms with Gasteiger partial charge in [-0.2, -0.15) is 5.10 Å². The predicted octanol–water partition coefficient (Wildman–Crippen LogP) is 1.72. The maximum Gasteiger partial charge on any atom is 0.254 e. The summed E-state index contributed by atoms with van der Waals surface area (Å²) in [6.45, 7) is 4.36. The normalized spacial score (nSPS) is 17.6. The molecule has 22 heavy (non-hydrogen) atoms. The average molecular weight is 298 g/mol. The lowest BCUT2D eigenvalue weighted by atomic mass is 10.2. The molecule has 1 aliphatic rings. The Bertz CT molecular complexity index is 629. The molecule has 1 aromatic heterocycles. The van der Waals surface area contributed by atoms with Crippen LogP contribution in [0.5, 0.6) is 0 Å². The number of hydrogen-bond acceptors (Lipinski definition) is 3. The topological polar surface area (TPSA) is 59.0 Å². The number of nitrogens with one attached hydrogen (secondary N) is 2. The summed E-state index contributed by atoms with van der Waals surface area (Å²) in [6, 6.07) is 10.5. The molecule has 1 unspecified atom stereocenters. The van der Waals surface area contributed by atoms with E-state index in [1.54, 1.807) is 6.20 Å². The van der Waals surface area contributed by atoms with Crippen LogP contribution in [0.1, 0.15) is 34.5 Å². The lowest BCUT2D eigenvalue weighted by molar-refractivity contribution is 0.0949. The van der Waals surface area contributed by atoms with Gasteiger partial charge in [0.2, 0.25) is 0 Å². The van der Waals surface area contributed by atoms with Crippen molar-refractivity contribution in [2.75, 3.05) is 13.1 Å². The van der Waals surface area contributed by atoms with Gasteiger partial charge in [0.25, 0.3) is 5.91 Å². The number of hydrogen-bond donors (Lipinski definition) is 2. The first-order valence-corrected chi connectivity index (χ1v) is 7.82. The molecule has 1 aromatic carbocycles. The SMILES string of the molecule is Cc1c(C(=O)NCC2CCCN2)cnn1Cc1ccccc1. The Balaban J connectivity index is 1.63. The van der Waals surface area contributed by atoms with Crippen LogP contribution < -0.4 is 10.6 Å². The van der Waals surface area contributed by atoms with Crippen molar-refractivity contribution in [3.63, 3.8) is 0 Å². The third-order valence-electron chi connectivity index (χ3n) is 4.19. The fourth-order valence-electron chi connectivity index (χ4n) is 2.83. The Morgan fingerprint density at radius 2 is 2.23 bits per heavy atom. The highest BCUT2D eigenvalue weighted by molar-refractivity contribution is 5.95. The van der Waals surface area contributed by atoms with Crippen molar-refractivity contribution in [2.24, 2.45) is 0 Å². The highest BCUT2D eigenvalue weighted by atomic mass is 16.1. The number of amides is 1. The number of carbonyl (C=O) groups is 1. The summed E-state index contributed by atoms with van der Waals surface area (Å²) in [6.07, 6.45) is 3.98. The van der Waals surface area contributed by atoms with Gasteiger partial charge < -0.3 is 10.6 Å². The minimum Gasteiger partial charge on any atom is -0.350 e. The minimum atomic E-state index is -0.0366. The van der Waals surface area contributed by atoms with E-state index in [-0.39, 0.29) is 5.91 Å². The van der Waals surface area contributed by atoms with E-state index >= 15 is 0 Å². The molecule has 0 bridgehead atoms. The van der Waals surface area contributed by atoms with E-state index in [1.807, 2.05) is 29.8 Å². The molecule has 0 aliphatic carbocycles. The summed E-state index contributed by atoms with van der Waals surface area (Å²) in [5, 5.41) is 10.7. The Morgan fingerprint density at radius 3 is 2.95 bits per heavy atom. The fraction of sp³-hybridized carbons (Fsp3) is 0.412. The number of rotatable bonds is 5. The average Bonchev–Trinajstić information content (AvgIpc) is 3.17. The Hall–Kier alpha value is -2.14. The summed E-state index contributed by atoms with van der Waals surface area (Å²) < 4.78 is 1.87.